The zero-order valence-corrected chi connectivity index (χ0v) is 17.5. The molecule has 1 atom stereocenters. The Bertz CT molecular complexity index is 755. The molecule has 2 amide bonds. The lowest BCUT2D eigenvalue weighted by molar-refractivity contribution is -0.147. The third-order valence-electron chi connectivity index (χ3n) is 4.34. The predicted octanol–water partition coefficient (Wildman–Crippen LogP) is 1.63. The Hall–Kier alpha value is -2.68. The van der Waals surface area contributed by atoms with Crippen LogP contribution in [0.25, 0.3) is 0 Å². The quantitative estimate of drug-likeness (QED) is 0.374. The lowest BCUT2D eigenvalue weighted by Gasteiger charge is -2.36. The molecule has 1 aromatic carbocycles. The van der Waals surface area contributed by atoms with Gasteiger partial charge in [-0.2, -0.15) is 0 Å². The molecule has 158 valence electrons. The third-order valence-corrected chi connectivity index (χ3v) is 4.68. The molecule has 0 saturated carbocycles. The minimum Gasteiger partial charge on any atom is -0.494 e. The van der Waals surface area contributed by atoms with E-state index in [4.69, 9.17) is 21.7 Å². The van der Waals surface area contributed by atoms with Gasteiger partial charge in [-0.05, 0) is 43.8 Å². The van der Waals surface area contributed by atoms with Crippen molar-refractivity contribution in [3.05, 3.63) is 29.8 Å². The van der Waals surface area contributed by atoms with Gasteiger partial charge in [0.25, 0.3) is 5.91 Å². The standard InChI is InChI=1S/C20H27N3O5S/c1-3-5-11-28-17(24)13-16-19(26)21-9-10-23(16)20(29)22-18(25)14-7-6-8-15(12-14)27-4-2/h6-8,12,16H,3-5,9-11,13H2,1-2H3,(H,21,26)(H,22,25,29)/t16-/m0/s1. The zero-order valence-electron chi connectivity index (χ0n) is 16.7. The van der Waals surface area contributed by atoms with Crippen LogP contribution in [-0.2, 0) is 14.3 Å². The fourth-order valence-electron chi connectivity index (χ4n) is 2.84. The summed E-state index contributed by atoms with van der Waals surface area (Å²) in [4.78, 5) is 38.5. The molecule has 1 saturated heterocycles. The van der Waals surface area contributed by atoms with E-state index in [-0.39, 0.29) is 17.4 Å². The molecule has 0 unspecified atom stereocenters. The third kappa shape index (κ3) is 6.70. The van der Waals surface area contributed by atoms with E-state index in [1.807, 2.05) is 13.8 Å². The molecule has 8 nitrogen and oxygen atoms in total. The smallest absolute Gasteiger partial charge is 0.308 e. The molecule has 1 fully saturated rings. The Morgan fingerprint density at radius 3 is 2.86 bits per heavy atom. The van der Waals surface area contributed by atoms with Crippen molar-refractivity contribution in [1.29, 1.82) is 0 Å². The van der Waals surface area contributed by atoms with Gasteiger partial charge < -0.3 is 19.7 Å². The van der Waals surface area contributed by atoms with Gasteiger partial charge in [0.15, 0.2) is 5.11 Å². The molecule has 1 aliphatic rings. The normalized spacial score (nSPS) is 16.0. The number of carbonyl (C=O) groups excluding carboxylic acids is 3. The monoisotopic (exact) mass is 421 g/mol. The molecular formula is C20H27N3O5S. The summed E-state index contributed by atoms with van der Waals surface area (Å²) in [6, 6.07) is 5.92. The minimum absolute atomic E-state index is 0.0954. The van der Waals surface area contributed by atoms with Crippen LogP contribution in [0.5, 0.6) is 5.75 Å². The van der Waals surface area contributed by atoms with Crippen LogP contribution in [0, 0.1) is 0 Å². The van der Waals surface area contributed by atoms with Gasteiger partial charge in [-0.1, -0.05) is 19.4 Å². The van der Waals surface area contributed by atoms with Gasteiger partial charge in [0.1, 0.15) is 11.8 Å². The largest absolute Gasteiger partial charge is 0.494 e. The number of thiocarbonyl (C=S) groups is 1. The number of amides is 2. The second kappa shape index (κ2) is 11.4. The zero-order chi connectivity index (χ0) is 21.2. The van der Waals surface area contributed by atoms with E-state index < -0.39 is 17.9 Å². The van der Waals surface area contributed by atoms with Gasteiger partial charge >= 0.3 is 5.97 Å². The van der Waals surface area contributed by atoms with Crippen molar-refractivity contribution in [2.45, 2.75) is 39.2 Å². The number of piperazine rings is 1. The number of hydrogen-bond acceptors (Lipinski definition) is 6. The van der Waals surface area contributed by atoms with E-state index in [1.54, 1.807) is 29.2 Å². The van der Waals surface area contributed by atoms with Crippen LogP contribution in [0.1, 0.15) is 43.5 Å². The molecule has 29 heavy (non-hydrogen) atoms. The first-order valence-corrected chi connectivity index (χ1v) is 10.1. The first-order chi connectivity index (χ1) is 14.0. The maximum atomic E-state index is 12.6. The van der Waals surface area contributed by atoms with Crippen LogP contribution in [-0.4, -0.2) is 60.1 Å². The van der Waals surface area contributed by atoms with Crippen LogP contribution in [0.15, 0.2) is 24.3 Å². The summed E-state index contributed by atoms with van der Waals surface area (Å²) in [7, 11) is 0. The number of rotatable bonds is 8. The highest BCUT2D eigenvalue weighted by molar-refractivity contribution is 7.80. The van der Waals surface area contributed by atoms with Gasteiger partial charge in [-0.25, -0.2) is 0 Å². The highest BCUT2D eigenvalue weighted by Crippen LogP contribution is 2.14. The molecule has 1 heterocycles. The Morgan fingerprint density at radius 1 is 1.34 bits per heavy atom. The van der Waals surface area contributed by atoms with Crippen LogP contribution in [0.2, 0.25) is 0 Å². The van der Waals surface area contributed by atoms with E-state index >= 15 is 0 Å². The number of benzene rings is 1. The number of esters is 1. The average molecular weight is 422 g/mol. The van der Waals surface area contributed by atoms with Crippen molar-refractivity contribution in [3.63, 3.8) is 0 Å². The van der Waals surface area contributed by atoms with Gasteiger partial charge in [-0.15, -0.1) is 0 Å². The van der Waals surface area contributed by atoms with E-state index in [1.165, 1.54) is 0 Å². The van der Waals surface area contributed by atoms with Crippen LogP contribution < -0.4 is 15.4 Å². The summed E-state index contributed by atoms with van der Waals surface area (Å²) < 4.78 is 10.6. The lowest BCUT2D eigenvalue weighted by Crippen LogP contribution is -2.60. The Morgan fingerprint density at radius 2 is 2.14 bits per heavy atom. The van der Waals surface area contributed by atoms with Gasteiger partial charge in [0.2, 0.25) is 5.91 Å². The van der Waals surface area contributed by atoms with Gasteiger partial charge in [0.05, 0.1) is 19.6 Å². The Labute approximate surface area is 175 Å². The van der Waals surface area contributed by atoms with Crippen molar-refractivity contribution >= 4 is 35.1 Å². The molecule has 1 aliphatic heterocycles. The highest BCUT2D eigenvalue weighted by Gasteiger charge is 2.34. The topological polar surface area (TPSA) is 97.0 Å². The van der Waals surface area contributed by atoms with Gasteiger partial charge in [-0.3, -0.25) is 19.7 Å². The predicted molar refractivity (Wildman–Crippen MR) is 112 cm³/mol. The summed E-state index contributed by atoms with van der Waals surface area (Å²) in [6.45, 7) is 5.42. The molecule has 0 aromatic heterocycles. The van der Waals surface area contributed by atoms with Crippen molar-refractivity contribution in [3.8, 4) is 5.75 Å². The number of nitrogens with one attached hydrogen (secondary N) is 2. The molecular weight excluding hydrogens is 394 g/mol. The molecule has 0 spiro atoms. The molecule has 0 aliphatic carbocycles. The SMILES string of the molecule is CCCCOC(=O)C[C@H]1C(=O)NCCN1C(=S)NC(=O)c1cccc(OCC)c1. The Balaban J connectivity index is 2.02. The number of ether oxygens (including phenoxy) is 2. The highest BCUT2D eigenvalue weighted by atomic mass is 32.1. The summed E-state index contributed by atoms with van der Waals surface area (Å²) in [5.74, 6) is -0.620. The number of unbranched alkanes of at least 4 members (excludes halogenated alkanes) is 1. The lowest BCUT2D eigenvalue weighted by atomic mass is 10.1. The fraction of sp³-hybridized carbons (Fsp3) is 0.500. The first-order valence-electron chi connectivity index (χ1n) is 9.74. The van der Waals surface area contributed by atoms with E-state index in [2.05, 4.69) is 10.6 Å². The van der Waals surface area contributed by atoms with Crippen LogP contribution >= 0.6 is 12.2 Å². The molecule has 9 heteroatoms. The summed E-state index contributed by atoms with van der Waals surface area (Å²) in [5, 5.41) is 5.46. The number of nitrogens with zero attached hydrogens (tertiary/aromatic N) is 1. The van der Waals surface area contributed by atoms with Crippen molar-refractivity contribution < 1.29 is 23.9 Å². The molecule has 0 bridgehead atoms. The van der Waals surface area contributed by atoms with Crippen LogP contribution in [0.4, 0.5) is 0 Å². The molecule has 2 rings (SSSR count). The average Bonchev–Trinajstić information content (AvgIpc) is 2.70. The fourth-order valence-corrected chi connectivity index (χ4v) is 3.15. The maximum Gasteiger partial charge on any atom is 0.308 e. The first kappa shape index (κ1) is 22.6. The number of carbonyl (C=O) groups is 3. The van der Waals surface area contributed by atoms with Crippen molar-refractivity contribution in [1.82, 2.24) is 15.5 Å². The molecule has 0 radical (unpaired) electrons. The van der Waals surface area contributed by atoms with Gasteiger partial charge in [0, 0.05) is 18.7 Å². The van der Waals surface area contributed by atoms with E-state index in [0.29, 0.717) is 37.6 Å². The Kier molecular flexibility index (Phi) is 8.85. The minimum atomic E-state index is -0.819. The van der Waals surface area contributed by atoms with E-state index in [9.17, 15) is 14.4 Å². The van der Waals surface area contributed by atoms with Crippen molar-refractivity contribution in [2.75, 3.05) is 26.3 Å². The second-order valence-corrected chi connectivity index (χ2v) is 6.89. The summed E-state index contributed by atoms with van der Waals surface area (Å²) in [5.41, 5.74) is 0.385. The summed E-state index contributed by atoms with van der Waals surface area (Å²) >= 11 is 5.35. The molecule has 2 N–H and O–H groups in total. The van der Waals surface area contributed by atoms with Crippen LogP contribution in [0.3, 0.4) is 0 Å². The van der Waals surface area contributed by atoms with E-state index in [0.717, 1.165) is 12.8 Å². The maximum absolute atomic E-state index is 12.6. The van der Waals surface area contributed by atoms with Crippen molar-refractivity contribution in [2.24, 2.45) is 0 Å². The second-order valence-electron chi connectivity index (χ2n) is 6.50. The number of hydrogen-bond donors (Lipinski definition) is 2. The molecule has 1 aromatic rings. The summed E-state index contributed by atoms with van der Waals surface area (Å²) in [6.07, 6.45) is 1.54.